The molecule has 1 N–H and O–H groups in total. The predicted molar refractivity (Wildman–Crippen MR) is 95.5 cm³/mol. The van der Waals surface area contributed by atoms with Crippen LogP contribution in [0.3, 0.4) is 0 Å². The fourth-order valence-corrected chi connectivity index (χ4v) is 2.52. The lowest BCUT2D eigenvalue weighted by Gasteiger charge is -2.11. The lowest BCUT2D eigenvalue weighted by molar-refractivity contribution is 0.155. The highest BCUT2D eigenvalue weighted by Crippen LogP contribution is 2.09. The van der Waals surface area contributed by atoms with Crippen molar-refractivity contribution in [3.8, 4) is 0 Å². The van der Waals surface area contributed by atoms with Crippen LogP contribution in [-0.2, 0) is 0 Å². The van der Waals surface area contributed by atoms with Gasteiger partial charge in [-0.2, -0.15) is 0 Å². The van der Waals surface area contributed by atoms with E-state index >= 15 is 0 Å². The molecule has 0 unspecified atom stereocenters. The van der Waals surface area contributed by atoms with Crippen molar-refractivity contribution >= 4 is 6.09 Å². The van der Waals surface area contributed by atoms with Crippen molar-refractivity contribution in [3.05, 3.63) is 12.2 Å². The minimum Gasteiger partial charge on any atom is -0.465 e. The van der Waals surface area contributed by atoms with Crippen LogP contribution in [0.1, 0.15) is 90.4 Å². The van der Waals surface area contributed by atoms with Gasteiger partial charge in [0.2, 0.25) is 0 Å². The summed E-state index contributed by atoms with van der Waals surface area (Å²) in [6.07, 6.45) is 20.4. The molecule has 22 heavy (non-hydrogen) atoms. The topological polar surface area (TPSA) is 40.5 Å². The molecule has 0 aliphatic rings. The number of carboxylic acid groups (broad SMARTS) is 1. The smallest absolute Gasteiger partial charge is 0.407 e. The van der Waals surface area contributed by atoms with Gasteiger partial charge in [-0.3, -0.25) is 0 Å². The first kappa shape index (κ1) is 21.0. The van der Waals surface area contributed by atoms with E-state index in [2.05, 4.69) is 19.1 Å². The fraction of sp³-hybridized carbons (Fsp3) is 0.842. The number of rotatable bonds is 15. The lowest BCUT2D eigenvalue weighted by atomic mass is 10.1. The number of allylic oxidation sites excluding steroid dienone is 2. The minimum atomic E-state index is -0.824. The van der Waals surface area contributed by atoms with Crippen LogP contribution in [0.25, 0.3) is 0 Å². The Hall–Kier alpha value is -0.990. The quantitative estimate of drug-likeness (QED) is 0.287. The van der Waals surface area contributed by atoms with Crippen molar-refractivity contribution in [2.75, 3.05) is 13.6 Å². The van der Waals surface area contributed by atoms with Crippen molar-refractivity contribution in [3.63, 3.8) is 0 Å². The summed E-state index contributed by atoms with van der Waals surface area (Å²) in [5.41, 5.74) is 0. The first-order valence-corrected chi connectivity index (χ1v) is 9.27. The van der Waals surface area contributed by atoms with Crippen LogP contribution < -0.4 is 0 Å². The molecule has 0 radical (unpaired) electrons. The van der Waals surface area contributed by atoms with Crippen LogP contribution in [0.4, 0.5) is 4.79 Å². The first-order valence-electron chi connectivity index (χ1n) is 9.27. The number of carbonyl (C=O) groups is 1. The number of unbranched alkanes of at least 4 members (excludes halogenated alkanes) is 11. The summed E-state index contributed by atoms with van der Waals surface area (Å²) < 4.78 is 0. The van der Waals surface area contributed by atoms with Crippen LogP contribution in [0.15, 0.2) is 12.2 Å². The lowest BCUT2D eigenvalue weighted by Crippen LogP contribution is -2.25. The van der Waals surface area contributed by atoms with E-state index in [4.69, 9.17) is 5.11 Å². The predicted octanol–water partition coefficient (Wildman–Crippen LogP) is 6.24. The molecule has 0 atom stereocenters. The average Bonchev–Trinajstić information content (AvgIpc) is 2.50. The zero-order valence-corrected chi connectivity index (χ0v) is 14.9. The Morgan fingerprint density at radius 3 is 1.77 bits per heavy atom. The summed E-state index contributed by atoms with van der Waals surface area (Å²) in [5, 5.41) is 8.72. The first-order chi connectivity index (χ1) is 10.7. The third-order valence-corrected chi connectivity index (χ3v) is 4.08. The Morgan fingerprint density at radius 2 is 1.27 bits per heavy atom. The van der Waals surface area contributed by atoms with Gasteiger partial charge in [0.1, 0.15) is 0 Å². The van der Waals surface area contributed by atoms with E-state index in [1.807, 2.05) is 0 Å². The summed E-state index contributed by atoms with van der Waals surface area (Å²) in [6.45, 7) is 2.92. The van der Waals surface area contributed by atoms with Crippen molar-refractivity contribution in [1.29, 1.82) is 0 Å². The third kappa shape index (κ3) is 15.4. The molecule has 3 nitrogen and oxygen atoms in total. The molecule has 130 valence electrons. The molecule has 0 saturated carbocycles. The molecule has 0 spiro atoms. The van der Waals surface area contributed by atoms with Gasteiger partial charge in [-0.15, -0.1) is 0 Å². The van der Waals surface area contributed by atoms with Gasteiger partial charge in [-0.25, -0.2) is 4.79 Å². The minimum absolute atomic E-state index is 0.660. The van der Waals surface area contributed by atoms with Crippen molar-refractivity contribution in [2.45, 2.75) is 90.4 Å². The molecular formula is C19H37NO2. The second-order valence-electron chi connectivity index (χ2n) is 6.29. The summed E-state index contributed by atoms with van der Waals surface area (Å²) in [7, 11) is 1.64. The molecule has 0 aromatic heterocycles. The van der Waals surface area contributed by atoms with Crippen molar-refractivity contribution in [1.82, 2.24) is 4.90 Å². The van der Waals surface area contributed by atoms with Crippen LogP contribution >= 0.6 is 0 Å². The van der Waals surface area contributed by atoms with Crippen LogP contribution in [0.5, 0.6) is 0 Å². The van der Waals surface area contributed by atoms with E-state index < -0.39 is 6.09 Å². The Bertz CT molecular complexity index is 277. The standard InChI is InChI=1S/C19H37NO2/c1-3-4-5-6-7-8-9-10-11-12-13-14-15-16-17-18-20(2)19(21)22/h10-11H,3-9,12-18H2,1-2H3,(H,21,22). The highest BCUT2D eigenvalue weighted by Gasteiger charge is 2.03. The summed E-state index contributed by atoms with van der Waals surface area (Å²) in [4.78, 5) is 12.0. The zero-order chi connectivity index (χ0) is 16.5. The van der Waals surface area contributed by atoms with E-state index in [1.54, 1.807) is 7.05 Å². The highest BCUT2D eigenvalue weighted by atomic mass is 16.4. The molecule has 0 heterocycles. The largest absolute Gasteiger partial charge is 0.465 e. The van der Waals surface area contributed by atoms with Gasteiger partial charge in [0.25, 0.3) is 0 Å². The molecule has 0 aliphatic carbocycles. The Labute approximate surface area is 137 Å². The summed E-state index contributed by atoms with van der Waals surface area (Å²) >= 11 is 0. The molecule has 0 bridgehead atoms. The van der Waals surface area contributed by atoms with Gasteiger partial charge in [-0.05, 0) is 32.1 Å². The normalized spacial score (nSPS) is 11.2. The Kier molecular flexibility index (Phi) is 15.6. The highest BCUT2D eigenvalue weighted by molar-refractivity contribution is 5.64. The van der Waals surface area contributed by atoms with E-state index in [9.17, 15) is 4.79 Å². The maximum absolute atomic E-state index is 10.6. The van der Waals surface area contributed by atoms with Gasteiger partial charge < -0.3 is 10.0 Å². The second kappa shape index (κ2) is 16.4. The van der Waals surface area contributed by atoms with E-state index in [0.717, 1.165) is 12.8 Å². The van der Waals surface area contributed by atoms with Crippen LogP contribution in [0.2, 0.25) is 0 Å². The summed E-state index contributed by atoms with van der Waals surface area (Å²) in [5.74, 6) is 0. The van der Waals surface area contributed by atoms with Gasteiger partial charge in [0.05, 0.1) is 0 Å². The van der Waals surface area contributed by atoms with Gasteiger partial charge in [0.15, 0.2) is 0 Å². The number of amides is 1. The van der Waals surface area contributed by atoms with Gasteiger partial charge >= 0.3 is 6.09 Å². The molecular weight excluding hydrogens is 274 g/mol. The zero-order valence-electron chi connectivity index (χ0n) is 14.9. The summed E-state index contributed by atoms with van der Waals surface area (Å²) in [6, 6.07) is 0. The maximum Gasteiger partial charge on any atom is 0.407 e. The van der Waals surface area contributed by atoms with Gasteiger partial charge in [0, 0.05) is 13.6 Å². The molecule has 1 amide bonds. The molecule has 0 aliphatic heterocycles. The second-order valence-corrected chi connectivity index (χ2v) is 6.29. The van der Waals surface area contributed by atoms with E-state index in [-0.39, 0.29) is 0 Å². The molecule has 0 aromatic rings. The number of hydrogen-bond acceptors (Lipinski definition) is 1. The number of hydrogen-bond donors (Lipinski definition) is 1. The third-order valence-electron chi connectivity index (χ3n) is 4.08. The van der Waals surface area contributed by atoms with Crippen LogP contribution in [-0.4, -0.2) is 29.7 Å². The van der Waals surface area contributed by atoms with Crippen molar-refractivity contribution in [2.24, 2.45) is 0 Å². The Morgan fingerprint density at radius 1 is 0.818 bits per heavy atom. The SMILES string of the molecule is CCCCCCCCC=CCCCCCCCN(C)C(=O)O. The number of nitrogens with zero attached hydrogens (tertiary/aromatic N) is 1. The van der Waals surface area contributed by atoms with E-state index in [0.29, 0.717) is 6.54 Å². The van der Waals surface area contributed by atoms with Crippen molar-refractivity contribution < 1.29 is 9.90 Å². The van der Waals surface area contributed by atoms with Gasteiger partial charge in [-0.1, -0.05) is 70.4 Å². The molecule has 0 aromatic carbocycles. The monoisotopic (exact) mass is 311 g/mol. The Balaban J connectivity index is 3.16. The molecule has 3 heteroatoms. The maximum atomic E-state index is 10.6. The molecule has 0 rings (SSSR count). The van der Waals surface area contributed by atoms with Crippen LogP contribution in [0, 0.1) is 0 Å². The molecule has 0 saturated heterocycles. The fourth-order valence-electron chi connectivity index (χ4n) is 2.52. The average molecular weight is 312 g/mol. The van der Waals surface area contributed by atoms with E-state index in [1.165, 1.54) is 75.5 Å². The molecule has 0 fully saturated rings.